The molecule has 0 spiro atoms. The van der Waals surface area contributed by atoms with Crippen molar-refractivity contribution in [2.45, 2.75) is 6.10 Å². The van der Waals surface area contributed by atoms with Crippen molar-refractivity contribution >= 4 is 5.95 Å². The van der Waals surface area contributed by atoms with Gasteiger partial charge in [-0.05, 0) is 6.07 Å². The topological polar surface area (TPSA) is 69.5 Å². The maximum absolute atomic E-state index is 9.56. The van der Waals surface area contributed by atoms with Gasteiger partial charge in [0.1, 0.15) is 0 Å². The SMILES string of the molecule is OCC1CN(c2ncccn2)CC1O. The molecule has 0 radical (unpaired) electrons. The Morgan fingerprint density at radius 1 is 1.36 bits per heavy atom. The van der Waals surface area contributed by atoms with Crippen LogP contribution in [0.3, 0.4) is 0 Å². The number of rotatable bonds is 2. The number of hydrogen-bond acceptors (Lipinski definition) is 5. The van der Waals surface area contributed by atoms with Crippen LogP contribution in [0.1, 0.15) is 0 Å². The molecule has 0 saturated carbocycles. The summed E-state index contributed by atoms with van der Waals surface area (Å²) >= 11 is 0. The van der Waals surface area contributed by atoms with Crippen LogP contribution in [-0.4, -0.2) is 46.0 Å². The maximum Gasteiger partial charge on any atom is 0.225 e. The third-order valence-electron chi connectivity index (χ3n) is 2.48. The molecule has 1 aromatic heterocycles. The van der Waals surface area contributed by atoms with Gasteiger partial charge >= 0.3 is 0 Å². The van der Waals surface area contributed by atoms with Crippen LogP contribution in [-0.2, 0) is 0 Å². The molecule has 2 rings (SSSR count). The summed E-state index contributed by atoms with van der Waals surface area (Å²) < 4.78 is 0. The van der Waals surface area contributed by atoms with Crippen molar-refractivity contribution in [1.29, 1.82) is 0 Å². The molecule has 5 heteroatoms. The predicted octanol–water partition coefficient (Wildman–Crippen LogP) is -0.734. The molecular weight excluding hydrogens is 182 g/mol. The Hall–Kier alpha value is -1.20. The van der Waals surface area contributed by atoms with Crippen LogP contribution in [0.2, 0.25) is 0 Å². The highest BCUT2D eigenvalue weighted by Crippen LogP contribution is 2.19. The third kappa shape index (κ3) is 1.69. The Kier molecular flexibility index (Phi) is 2.60. The molecule has 1 aliphatic rings. The van der Waals surface area contributed by atoms with Gasteiger partial charge in [-0.2, -0.15) is 0 Å². The first-order valence-corrected chi connectivity index (χ1v) is 4.62. The molecule has 2 unspecified atom stereocenters. The van der Waals surface area contributed by atoms with Crippen LogP contribution in [0, 0.1) is 5.92 Å². The lowest BCUT2D eigenvalue weighted by Crippen LogP contribution is -2.23. The lowest BCUT2D eigenvalue weighted by molar-refractivity contribution is 0.104. The molecule has 76 valence electrons. The highest BCUT2D eigenvalue weighted by atomic mass is 16.3. The molecule has 1 saturated heterocycles. The van der Waals surface area contributed by atoms with E-state index >= 15 is 0 Å². The third-order valence-corrected chi connectivity index (χ3v) is 2.48. The van der Waals surface area contributed by atoms with E-state index in [0.717, 1.165) is 0 Å². The van der Waals surface area contributed by atoms with E-state index in [1.165, 1.54) is 0 Å². The highest BCUT2D eigenvalue weighted by Gasteiger charge is 2.31. The number of nitrogens with zero attached hydrogens (tertiary/aromatic N) is 3. The summed E-state index contributed by atoms with van der Waals surface area (Å²) in [4.78, 5) is 10.1. The highest BCUT2D eigenvalue weighted by molar-refractivity contribution is 5.31. The molecule has 2 atom stereocenters. The first-order chi connectivity index (χ1) is 6.81. The van der Waals surface area contributed by atoms with E-state index < -0.39 is 6.10 Å². The Bertz CT molecular complexity index is 293. The minimum absolute atomic E-state index is 0.00446. The zero-order chi connectivity index (χ0) is 9.97. The van der Waals surface area contributed by atoms with Gasteiger partial charge in [-0.15, -0.1) is 0 Å². The Balaban J connectivity index is 2.09. The van der Waals surface area contributed by atoms with Gasteiger partial charge in [-0.25, -0.2) is 9.97 Å². The lowest BCUT2D eigenvalue weighted by Gasteiger charge is -2.14. The number of aliphatic hydroxyl groups is 2. The van der Waals surface area contributed by atoms with Gasteiger partial charge in [0, 0.05) is 31.4 Å². The van der Waals surface area contributed by atoms with Crippen molar-refractivity contribution < 1.29 is 10.2 Å². The fourth-order valence-corrected chi connectivity index (χ4v) is 1.65. The van der Waals surface area contributed by atoms with Gasteiger partial charge in [0.15, 0.2) is 0 Å². The van der Waals surface area contributed by atoms with Crippen LogP contribution in [0.25, 0.3) is 0 Å². The number of aromatic nitrogens is 2. The second kappa shape index (κ2) is 3.89. The summed E-state index contributed by atoms with van der Waals surface area (Å²) in [6.07, 6.45) is 2.85. The van der Waals surface area contributed by atoms with Gasteiger partial charge < -0.3 is 15.1 Å². The van der Waals surface area contributed by atoms with Crippen molar-refractivity contribution in [3.05, 3.63) is 18.5 Å². The number of hydrogen-bond donors (Lipinski definition) is 2. The molecule has 1 aromatic rings. The average Bonchev–Trinajstić information content (AvgIpc) is 2.61. The molecule has 14 heavy (non-hydrogen) atoms. The van der Waals surface area contributed by atoms with E-state index in [0.29, 0.717) is 19.0 Å². The van der Waals surface area contributed by atoms with Crippen molar-refractivity contribution in [2.75, 3.05) is 24.6 Å². The summed E-state index contributed by atoms with van der Waals surface area (Å²) in [5, 5.41) is 18.5. The van der Waals surface area contributed by atoms with Gasteiger partial charge in [0.25, 0.3) is 0 Å². The Morgan fingerprint density at radius 2 is 2.07 bits per heavy atom. The Labute approximate surface area is 82.0 Å². The van der Waals surface area contributed by atoms with E-state index in [1.807, 2.05) is 4.90 Å². The quantitative estimate of drug-likeness (QED) is 0.651. The Morgan fingerprint density at radius 3 is 2.64 bits per heavy atom. The van der Waals surface area contributed by atoms with E-state index in [-0.39, 0.29) is 12.5 Å². The number of aliphatic hydroxyl groups excluding tert-OH is 2. The second-order valence-corrected chi connectivity index (χ2v) is 3.46. The van der Waals surface area contributed by atoms with E-state index in [9.17, 15) is 5.11 Å². The monoisotopic (exact) mass is 195 g/mol. The average molecular weight is 195 g/mol. The van der Waals surface area contributed by atoms with E-state index in [2.05, 4.69) is 9.97 Å². The zero-order valence-electron chi connectivity index (χ0n) is 7.74. The second-order valence-electron chi connectivity index (χ2n) is 3.46. The van der Waals surface area contributed by atoms with Crippen LogP contribution in [0.4, 0.5) is 5.95 Å². The van der Waals surface area contributed by atoms with Crippen molar-refractivity contribution in [2.24, 2.45) is 5.92 Å². The summed E-state index contributed by atoms with van der Waals surface area (Å²) in [6, 6.07) is 1.75. The first-order valence-electron chi connectivity index (χ1n) is 4.62. The summed E-state index contributed by atoms with van der Waals surface area (Å²) in [6.45, 7) is 1.11. The molecule has 0 aromatic carbocycles. The molecular formula is C9H13N3O2. The molecule has 1 fully saturated rings. The van der Waals surface area contributed by atoms with Crippen LogP contribution < -0.4 is 4.90 Å². The molecule has 2 N–H and O–H groups in total. The zero-order valence-corrected chi connectivity index (χ0v) is 7.74. The first kappa shape index (κ1) is 9.36. The summed E-state index contributed by atoms with van der Waals surface area (Å²) in [7, 11) is 0. The largest absolute Gasteiger partial charge is 0.396 e. The van der Waals surface area contributed by atoms with Crippen LogP contribution in [0.15, 0.2) is 18.5 Å². The van der Waals surface area contributed by atoms with Crippen LogP contribution >= 0.6 is 0 Å². The normalized spacial score (nSPS) is 26.9. The van der Waals surface area contributed by atoms with Gasteiger partial charge in [-0.1, -0.05) is 0 Å². The maximum atomic E-state index is 9.56. The van der Waals surface area contributed by atoms with E-state index in [1.54, 1.807) is 18.5 Å². The number of anilines is 1. The van der Waals surface area contributed by atoms with Gasteiger partial charge in [-0.3, -0.25) is 0 Å². The van der Waals surface area contributed by atoms with Crippen molar-refractivity contribution in [1.82, 2.24) is 9.97 Å². The summed E-state index contributed by atoms with van der Waals surface area (Å²) in [5.74, 6) is 0.529. The molecule has 5 nitrogen and oxygen atoms in total. The summed E-state index contributed by atoms with van der Waals surface area (Å²) in [5.41, 5.74) is 0. The fraction of sp³-hybridized carbons (Fsp3) is 0.556. The smallest absolute Gasteiger partial charge is 0.225 e. The predicted molar refractivity (Wildman–Crippen MR) is 50.8 cm³/mol. The lowest BCUT2D eigenvalue weighted by atomic mass is 10.1. The van der Waals surface area contributed by atoms with Gasteiger partial charge in [0.05, 0.1) is 12.7 Å². The minimum atomic E-state index is -0.483. The molecule has 0 amide bonds. The fourth-order valence-electron chi connectivity index (χ4n) is 1.65. The molecule has 0 aliphatic carbocycles. The van der Waals surface area contributed by atoms with Crippen molar-refractivity contribution in [3.8, 4) is 0 Å². The van der Waals surface area contributed by atoms with Crippen molar-refractivity contribution in [3.63, 3.8) is 0 Å². The van der Waals surface area contributed by atoms with Crippen LogP contribution in [0.5, 0.6) is 0 Å². The van der Waals surface area contributed by atoms with Gasteiger partial charge in [0.2, 0.25) is 5.95 Å². The minimum Gasteiger partial charge on any atom is -0.396 e. The van der Waals surface area contributed by atoms with E-state index in [4.69, 9.17) is 5.11 Å². The standard InChI is InChI=1S/C9H13N3O2/c13-6-7-4-12(5-8(7)14)9-10-2-1-3-11-9/h1-3,7-8,13-14H,4-6H2. The molecule has 0 bridgehead atoms. The molecule has 1 aliphatic heterocycles. The number of β-amino-alcohol motifs (C(OH)–C–C–N with tert-alkyl or cyclic N) is 1. The molecule has 2 heterocycles.